The Bertz CT molecular complexity index is 800. The lowest BCUT2D eigenvalue weighted by atomic mass is 10.1. The number of halogens is 1. The van der Waals surface area contributed by atoms with Crippen molar-refractivity contribution in [2.45, 2.75) is 200 Å². The van der Waals surface area contributed by atoms with Gasteiger partial charge in [0.1, 0.15) is 6.61 Å². The highest BCUT2D eigenvalue weighted by atomic mass is 127. The molecule has 0 aromatic rings. The normalized spacial score (nSPS) is 12.1. The minimum atomic E-state index is -0.661. The number of rotatable bonds is 36. The maximum Gasteiger partial charge on any atom is 0.306 e. The standard InChI is InChI=1S/C41H74INO5/c1-3-5-7-9-11-13-15-17-19-21-23-25-27-29-31-33-40(45)47-37-38(36-43-39(44)35-42)48-41(46)34-32-30-28-26-24-22-20-18-16-14-12-10-8-6-4-2/h17-20,38H,3-16,21-37H2,1-2H3,(H,43,44)/b19-17+,20-18+/t38-/m0/s1. The van der Waals surface area contributed by atoms with E-state index in [0.29, 0.717) is 17.3 Å². The second-order valence-corrected chi connectivity index (χ2v) is 14.2. The van der Waals surface area contributed by atoms with Crippen LogP contribution in [0, 0.1) is 0 Å². The van der Waals surface area contributed by atoms with Gasteiger partial charge in [0.05, 0.1) is 11.0 Å². The molecule has 0 aromatic carbocycles. The third-order valence-corrected chi connectivity index (χ3v) is 9.35. The molecule has 1 atom stereocenters. The van der Waals surface area contributed by atoms with E-state index in [0.717, 1.165) is 51.4 Å². The SMILES string of the molecule is CCCCCCCC/C=C/CCCCCCCC(=O)OC[C@H](CNC(=O)CI)OC(=O)CCCCCCC/C=C/CCCCCCCC. The number of hydrogen-bond donors (Lipinski definition) is 1. The van der Waals surface area contributed by atoms with Crippen LogP contribution in [0.15, 0.2) is 24.3 Å². The molecule has 0 heterocycles. The molecule has 1 amide bonds. The second-order valence-electron chi connectivity index (χ2n) is 13.4. The maximum absolute atomic E-state index is 12.5. The molecular weight excluding hydrogens is 713 g/mol. The Morgan fingerprint density at radius 2 is 0.917 bits per heavy atom. The van der Waals surface area contributed by atoms with Gasteiger partial charge in [-0.1, -0.05) is 163 Å². The van der Waals surface area contributed by atoms with Crippen LogP contribution in [-0.4, -0.2) is 41.5 Å². The zero-order valence-electron chi connectivity index (χ0n) is 31.2. The Balaban J connectivity index is 3.95. The van der Waals surface area contributed by atoms with Gasteiger partial charge in [0.2, 0.25) is 5.91 Å². The highest BCUT2D eigenvalue weighted by Gasteiger charge is 2.18. The Morgan fingerprint density at radius 3 is 1.33 bits per heavy atom. The van der Waals surface area contributed by atoms with Crippen molar-refractivity contribution in [1.82, 2.24) is 5.32 Å². The van der Waals surface area contributed by atoms with E-state index in [1.807, 2.05) is 22.6 Å². The zero-order valence-corrected chi connectivity index (χ0v) is 33.4. The maximum atomic E-state index is 12.5. The summed E-state index contributed by atoms with van der Waals surface area (Å²) in [4.78, 5) is 36.6. The molecule has 0 saturated heterocycles. The predicted molar refractivity (Wildman–Crippen MR) is 212 cm³/mol. The molecular formula is C41H74INO5. The molecule has 0 aliphatic carbocycles. The van der Waals surface area contributed by atoms with Gasteiger partial charge in [0.15, 0.2) is 6.10 Å². The van der Waals surface area contributed by atoms with Crippen LogP contribution in [0.1, 0.15) is 194 Å². The van der Waals surface area contributed by atoms with Crippen LogP contribution in [0.25, 0.3) is 0 Å². The lowest BCUT2D eigenvalue weighted by molar-refractivity contribution is -0.159. The Hall–Kier alpha value is -1.38. The molecule has 0 unspecified atom stereocenters. The average molecular weight is 788 g/mol. The second kappa shape index (κ2) is 38.4. The number of esters is 2. The zero-order chi connectivity index (χ0) is 35.2. The summed E-state index contributed by atoms with van der Waals surface area (Å²) in [5.74, 6) is -0.700. The molecule has 0 saturated carbocycles. The summed E-state index contributed by atoms with van der Waals surface area (Å²) in [6, 6.07) is 0. The summed E-state index contributed by atoms with van der Waals surface area (Å²) in [5, 5.41) is 2.76. The van der Waals surface area contributed by atoms with Gasteiger partial charge in [-0.3, -0.25) is 14.4 Å². The highest BCUT2D eigenvalue weighted by Crippen LogP contribution is 2.13. The summed E-state index contributed by atoms with van der Waals surface area (Å²) in [7, 11) is 0. The number of carbonyl (C=O) groups excluding carboxylic acids is 3. The van der Waals surface area contributed by atoms with E-state index in [2.05, 4.69) is 43.5 Å². The summed E-state index contributed by atoms with van der Waals surface area (Å²) in [5.41, 5.74) is 0. The van der Waals surface area contributed by atoms with Gasteiger partial charge in [-0.15, -0.1) is 0 Å². The molecule has 0 rings (SSSR count). The fourth-order valence-electron chi connectivity index (χ4n) is 5.59. The monoisotopic (exact) mass is 787 g/mol. The van der Waals surface area contributed by atoms with Gasteiger partial charge in [-0.25, -0.2) is 0 Å². The van der Waals surface area contributed by atoms with Crippen molar-refractivity contribution in [3.63, 3.8) is 0 Å². The quantitative estimate of drug-likeness (QED) is 0.0225. The van der Waals surface area contributed by atoms with E-state index in [1.165, 1.54) is 116 Å². The summed E-state index contributed by atoms with van der Waals surface area (Å²) >= 11 is 1.99. The summed E-state index contributed by atoms with van der Waals surface area (Å²) in [6.45, 7) is 4.65. The van der Waals surface area contributed by atoms with Crippen molar-refractivity contribution in [1.29, 1.82) is 0 Å². The van der Waals surface area contributed by atoms with Crippen molar-refractivity contribution >= 4 is 40.4 Å². The van der Waals surface area contributed by atoms with Crippen LogP contribution in [0.4, 0.5) is 0 Å². The van der Waals surface area contributed by atoms with Crippen LogP contribution in [-0.2, 0) is 23.9 Å². The van der Waals surface area contributed by atoms with E-state index >= 15 is 0 Å². The lowest BCUT2D eigenvalue weighted by Gasteiger charge is -2.18. The molecule has 0 bridgehead atoms. The van der Waals surface area contributed by atoms with Gasteiger partial charge in [-0.05, 0) is 64.2 Å². The van der Waals surface area contributed by atoms with Crippen molar-refractivity contribution in [3.05, 3.63) is 24.3 Å². The number of amides is 1. The Morgan fingerprint density at radius 1 is 0.542 bits per heavy atom. The minimum absolute atomic E-state index is 0.0243. The molecule has 6 nitrogen and oxygen atoms in total. The van der Waals surface area contributed by atoms with Crippen molar-refractivity contribution in [2.75, 3.05) is 17.6 Å². The number of hydrogen-bond acceptors (Lipinski definition) is 5. The first-order valence-electron chi connectivity index (χ1n) is 20.0. The molecule has 0 aromatic heterocycles. The van der Waals surface area contributed by atoms with Crippen LogP contribution < -0.4 is 5.32 Å². The van der Waals surface area contributed by atoms with E-state index in [4.69, 9.17) is 9.47 Å². The Kier molecular flexibility index (Phi) is 37.3. The van der Waals surface area contributed by atoms with Gasteiger partial charge in [-0.2, -0.15) is 0 Å². The van der Waals surface area contributed by atoms with Crippen LogP contribution in [0.5, 0.6) is 0 Å². The van der Waals surface area contributed by atoms with Crippen molar-refractivity contribution < 1.29 is 23.9 Å². The molecule has 0 aliphatic heterocycles. The predicted octanol–water partition coefficient (Wildman–Crippen LogP) is 12.1. The number of carbonyl (C=O) groups is 3. The van der Waals surface area contributed by atoms with E-state index < -0.39 is 6.10 Å². The first-order valence-corrected chi connectivity index (χ1v) is 21.5. The molecule has 0 spiro atoms. The fourth-order valence-corrected chi connectivity index (χ4v) is 5.86. The smallest absolute Gasteiger partial charge is 0.306 e. The summed E-state index contributed by atoms with van der Waals surface area (Å²) in [6.07, 6.45) is 40.8. The van der Waals surface area contributed by atoms with E-state index in [9.17, 15) is 14.4 Å². The molecule has 0 radical (unpaired) electrons. The van der Waals surface area contributed by atoms with Gasteiger partial charge >= 0.3 is 11.9 Å². The molecule has 280 valence electrons. The summed E-state index contributed by atoms with van der Waals surface area (Å²) < 4.78 is 11.4. The minimum Gasteiger partial charge on any atom is -0.462 e. The van der Waals surface area contributed by atoms with Crippen molar-refractivity contribution in [2.24, 2.45) is 0 Å². The number of ether oxygens (including phenoxy) is 2. The molecule has 48 heavy (non-hydrogen) atoms. The van der Waals surface area contributed by atoms with Crippen LogP contribution in [0.2, 0.25) is 0 Å². The number of nitrogens with one attached hydrogen (secondary N) is 1. The third kappa shape index (κ3) is 35.9. The van der Waals surface area contributed by atoms with Crippen LogP contribution in [0.3, 0.4) is 0 Å². The molecule has 7 heteroatoms. The van der Waals surface area contributed by atoms with Gasteiger partial charge in [0, 0.05) is 12.8 Å². The largest absolute Gasteiger partial charge is 0.462 e. The molecule has 1 N–H and O–H groups in total. The highest BCUT2D eigenvalue weighted by molar-refractivity contribution is 14.1. The van der Waals surface area contributed by atoms with Gasteiger partial charge < -0.3 is 14.8 Å². The van der Waals surface area contributed by atoms with Gasteiger partial charge in [0.25, 0.3) is 0 Å². The van der Waals surface area contributed by atoms with Crippen LogP contribution >= 0.6 is 22.6 Å². The number of allylic oxidation sites excluding steroid dienone is 4. The number of unbranched alkanes of at least 4 members (excludes halogenated alkanes) is 22. The number of alkyl halides is 1. The topological polar surface area (TPSA) is 81.7 Å². The lowest BCUT2D eigenvalue weighted by Crippen LogP contribution is -2.38. The van der Waals surface area contributed by atoms with E-state index in [-0.39, 0.29) is 31.0 Å². The average Bonchev–Trinajstić information content (AvgIpc) is 3.09. The Labute approximate surface area is 309 Å². The molecule has 0 fully saturated rings. The first-order chi connectivity index (χ1) is 23.5. The fraction of sp³-hybridized carbons (Fsp3) is 0.829. The first kappa shape index (κ1) is 46.6. The van der Waals surface area contributed by atoms with E-state index in [1.54, 1.807) is 0 Å². The van der Waals surface area contributed by atoms with Crippen molar-refractivity contribution in [3.8, 4) is 0 Å². The third-order valence-electron chi connectivity index (χ3n) is 8.66. The molecule has 0 aliphatic rings.